The highest BCUT2D eigenvalue weighted by molar-refractivity contribution is 4.93. The molecule has 0 amide bonds. The molecule has 0 aromatic heterocycles. The molecule has 3 rings (SSSR count). The Morgan fingerprint density at radius 3 is 1.93 bits per heavy atom. The third-order valence-corrected chi connectivity index (χ3v) is 6.61. The SMILES string of the molecule is CC(C)(C)OC1CC(OC2CCN(CC3(F)CCN(C(C)(C)C)CC3)CC2)C1. The van der Waals surface area contributed by atoms with Crippen molar-refractivity contribution in [1.82, 2.24) is 9.80 Å². The first kappa shape index (κ1) is 22.5. The van der Waals surface area contributed by atoms with E-state index in [4.69, 9.17) is 9.47 Å². The van der Waals surface area contributed by atoms with Crippen LogP contribution in [0.1, 0.15) is 80.1 Å². The number of hydrogen-bond donors (Lipinski definition) is 0. The van der Waals surface area contributed by atoms with E-state index in [1.54, 1.807) is 0 Å². The number of rotatable bonds is 5. The van der Waals surface area contributed by atoms with Gasteiger partial charge in [-0.05, 0) is 80.1 Å². The largest absolute Gasteiger partial charge is 0.375 e. The van der Waals surface area contributed by atoms with Gasteiger partial charge in [-0.25, -0.2) is 4.39 Å². The van der Waals surface area contributed by atoms with E-state index in [0.29, 0.717) is 37.7 Å². The number of alkyl halides is 1. The third-order valence-electron chi connectivity index (χ3n) is 6.61. The summed E-state index contributed by atoms with van der Waals surface area (Å²) in [6.45, 7) is 17.3. The maximum absolute atomic E-state index is 15.4. The van der Waals surface area contributed by atoms with Crippen molar-refractivity contribution < 1.29 is 13.9 Å². The second-order valence-electron chi connectivity index (χ2n) is 11.4. The second-order valence-corrected chi connectivity index (χ2v) is 11.4. The molecular formula is C23H43FN2O2. The van der Waals surface area contributed by atoms with E-state index in [2.05, 4.69) is 51.3 Å². The van der Waals surface area contributed by atoms with E-state index in [9.17, 15) is 0 Å². The van der Waals surface area contributed by atoms with Gasteiger partial charge in [0.25, 0.3) is 0 Å². The molecule has 0 radical (unpaired) electrons. The molecule has 0 aromatic rings. The Labute approximate surface area is 172 Å². The number of nitrogens with zero attached hydrogens (tertiary/aromatic N) is 2. The highest BCUT2D eigenvalue weighted by Crippen LogP contribution is 2.34. The van der Waals surface area contributed by atoms with Gasteiger partial charge in [-0.3, -0.25) is 9.80 Å². The van der Waals surface area contributed by atoms with Gasteiger partial charge in [0.1, 0.15) is 5.67 Å². The zero-order valence-corrected chi connectivity index (χ0v) is 19.1. The van der Waals surface area contributed by atoms with E-state index < -0.39 is 5.67 Å². The van der Waals surface area contributed by atoms with E-state index >= 15 is 4.39 Å². The van der Waals surface area contributed by atoms with Crippen LogP contribution in [0.3, 0.4) is 0 Å². The predicted molar refractivity (Wildman–Crippen MR) is 113 cm³/mol. The van der Waals surface area contributed by atoms with Crippen molar-refractivity contribution in [3.05, 3.63) is 0 Å². The van der Waals surface area contributed by atoms with Gasteiger partial charge < -0.3 is 9.47 Å². The number of ether oxygens (including phenoxy) is 2. The Hall–Kier alpha value is -0.230. The molecule has 164 valence electrons. The molecule has 0 aromatic carbocycles. The zero-order chi connectivity index (χ0) is 20.6. The molecule has 2 heterocycles. The minimum absolute atomic E-state index is 0.0632. The lowest BCUT2D eigenvalue weighted by Gasteiger charge is -2.45. The van der Waals surface area contributed by atoms with E-state index in [1.165, 1.54) is 0 Å². The van der Waals surface area contributed by atoms with Gasteiger partial charge in [-0.2, -0.15) is 0 Å². The minimum atomic E-state index is -1.01. The van der Waals surface area contributed by atoms with Crippen LogP contribution in [0.4, 0.5) is 4.39 Å². The number of piperidine rings is 2. The average molecular weight is 399 g/mol. The standard InChI is InChI=1S/C23H43FN2O2/c1-21(2,3)26-13-9-23(24,10-14-26)17-25-11-7-18(8-12-25)27-19-15-20(16-19)28-22(4,5)6/h18-20H,7-17H2,1-6H3. The Morgan fingerprint density at radius 2 is 1.43 bits per heavy atom. The maximum atomic E-state index is 15.4. The first-order chi connectivity index (χ1) is 12.9. The summed E-state index contributed by atoms with van der Waals surface area (Å²) < 4.78 is 27.6. The molecule has 0 unspecified atom stereocenters. The van der Waals surface area contributed by atoms with Crippen LogP contribution in [-0.4, -0.2) is 77.6 Å². The fourth-order valence-corrected chi connectivity index (χ4v) is 4.84. The highest BCUT2D eigenvalue weighted by Gasteiger charge is 2.40. The quantitative estimate of drug-likeness (QED) is 0.685. The van der Waals surface area contributed by atoms with Crippen molar-refractivity contribution >= 4 is 0 Å². The molecule has 3 aliphatic rings. The zero-order valence-electron chi connectivity index (χ0n) is 19.1. The van der Waals surface area contributed by atoms with Crippen LogP contribution in [-0.2, 0) is 9.47 Å². The number of halogens is 1. The van der Waals surface area contributed by atoms with Crippen LogP contribution in [0.2, 0.25) is 0 Å². The van der Waals surface area contributed by atoms with Gasteiger partial charge in [0.2, 0.25) is 0 Å². The summed E-state index contributed by atoms with van der Waals surface area (Å²) in [6.07, 6.45) is 6.50. The molecule has 0 spiro atoms. The number of hydrogen-bond acceptors (Lipinski definition) is 4. The monoisotopic (exact) mass is 398 g/mol. The summed E-state index contributed by atoms with van der Waals surface area (Å²) >= 11 is 0. The summed E-state index contributed by atoms with van der Waals surface area (Å²) in [4.78, 5) is 4.75. The lowest BCUT2D eigenvalue weighted by atomic mass is 9.89. The Bertz CT molecular complexity index is 492. The predicted octanol–water partition coefficient (Wildman–Crippen LogP) is 4.42. The minimum Gasteiger partial charge on any atom is -0.375 e. The van der Waals surface area contributed by atoms with E-state index in [1.807, 2.05) is 0 Å². The Morgan fingerprint density at radius 1 is 0.857 bits per heavy atom. The van der Waals surface area contributed by atoms with Crippen molar-refractivity contribution in [2.45, 2.75) is 115 Å². The van der Waals surface area contributed by atoms with Crippen molar-refractivity contribution in [2.75, 3.05) is 32.7 Å². The molecule has 0 bridgehead atoms. The van der Waals surface area contributed by atoms with Crippen LogP contribution in [0.5, 0.6) is 0 Å². The molecule has 0 N–H and O–H groups in total. The van der Waals surface area contributed by atoms with Gasteiger partial charge >= 0.3 is 0 Å². The Balaban J connectivity index is 1.33. The van der Waals surface area contributed by atoms with Crippen LogP contribution in [0.25, 0.3) is 0 Å². The molecule has 28 heavy (non-hydrogen) atoms. The molecule has 3 fully saturated rings. The van der Waals surface area contributed by atoms with Crippen molar-refractivity contribution in [2.24, 2.45) is 0 Å². The summed E-state index contributed by atoms with van der Waals surface area (Å²) in [6, 6.07) is 0. The molecule has 4 nitrogen and oxygen atoms in total. The van der Waals surface area contributed by atoms with Crippen molar-refractivity contribution in [1.29, 1.82) is 0 Å². The molecule has 0 atom stereocenters. The third kappa shape index (κ3) is 6.38. The molecule has 1 saturated carbocycles. The smallest absolute Gasteiger partial charge is 0.126 e. The maximum Gasteiger partial charge on any atom is 0.126 e. The van der Waals surface area contributed by atoms with Gasteiger partial charge in [0.15, 0.2) is 0 Å². The van der Waals surface area contributed by atoms with Gasteiger partial charge in [0, 0.05) is 38.3 Å². The molecule has 5 heteroatoms. The lowest BCUT2D eigenvalue weighted by molar-refractivity contribution is -0.168. The van der Waals surface area contributed by atoms with Crippen LogP contribution in [0.15, 0.2) is 0 Å². The summed E-state index contributed by atoms with van der Waals surface area (Å²) in [7, 11) is 0. The number of likely N-dealkylation sites (tertiary alicyclic amines) is 2. The molecular weight excluding hydrogens is 355 g/mol. The van der Waals surface area contributed by atoms with E-state index in [-0.39, 0.29) is 11.1 Å². The lowest BCUT2D eigenvalue weighted by Crippen LogP contribution is -2.54. The normalized spacial score (nSPS) is 31.0. The summed E-state index contributed by atoms with van der Waals surface area (Å²) in [5, 5.41) is 0. The van der Waals surface area contributed by atoms with Gasteiger partial charge in [0.05, 0.1) is 23.9 Å². The first-order valence-electron chi connectivity index (χ1n) is 11.4. The fourth-order valence-electron chi connectivity index (χ4n) is 4.84. The van der Waals surface area contributed by atoms with E-state index in [0.717, 1.165) is 51.9 Å². The van der Waals surface area contributed by atoms with Crippen molar-refractivity contribution in [3.8, 4) is 0 Å². The fraction of sp³-hybridized carbons (Fsp3) is 1.00. The topological polar surface area (TPSA) is 24.9 Å². The summed E-state index contributed by atoms with van der Waals surface area (Å²) in [5.41, 5.74) is -0.928. The van der Waals surface area contributed by atoms with Gasteiger partial charge in [-0.15, -0.1) is 0 Å². The molecule has 2 aliphatic heterocycles. The Kier molecular flexibility index (Phi) is 6.81. The molecule has 2 saturated heterocycles. The van der Waals surface area contributed by atoms with Gasteiger partial charge in [-0.1, -0.05) is 0 Å². The highest BCUT2D eigenvalue weighted by atomic mass is 19.1. The summed E-state index contributed by atoms with van der Waals surface area (Å²) in [5.74, 6) is 0. The van der Waals surface area contributed by atoms with Crippen LogP contribution in [0, 0.1) is 0 Å². The second kappa shape index (κ2) is 8.49. The van der Waals surface area contributed by atoms with Crippen LogP contribution >= 0.6 is 0 Å². The molecule has 1 aliphatic carbocycles. The first-order valence-corrected chi connectivity index (χ1v) is 11.4. The van der Waals surface area contributed by atoms with Crippen LogP contribution < -0.4 is 0 Å². The van der Waals surface area contributed by atoms with Crippen molar-refractivity contribution in [3.63, 3.8) is 0 Å². The average Bonchev–Trinajstić information content (AvgIpc) is 2.52.